The van der Waals surface area contributed by atoms with Crippen LogP contribution in [0, 0.1) is 11.8 Å². The first-order valence-electron chi connectivity index (χ1n) is 9.71. The lowest BCUT2D eigenvalue weighted by Crippen LogP contribution is -2.62. The lowest BCUT2D eigenvalue weighted by molar-refractivity contribution is -0.125. The highest BCUT2D eigenvalue weighted by molar-refractivity contribution is 5.92. The number of fused-ring (bicyclic) bond motifs is 3. The van der Waals surface area contributed by atoms with E-state index in [1.54, 1.807) is 11.0 Å². The van der Waals surface area contributed by atoms with Crippen molar-refractivity contribution in [3.05, 3.63) is 54.1 Å². The second kappa shape index (κ2) is 7.36. The van der Waals surface area contributed by atoms with Crippen LogP contribution in [0.3, 0.4) is 0 Å². The standard InChI is InChI=1S/C21H21N3O5/c25-19(8-16-7-13-3-1-2-4-18(13)29-16)22-20-14-9-24(10-15(20)12-27-11-14)21(26)17-5-6-28-23-17/h1-7,14-15,20H,8-12H2,(H,22,25). The van der Waals surface area contributed by atoms with Gasteiger partial charge in [-0.1, -0.05) is 23.4 Å². The molecule has 29 heavy (non-hydrogen) atoms. The number of para-hydroxylation sites is 1. The number of benzene rings is 1. The van der Waals surface area contributed by atoms with Crippen LogP contribution in [0.25, 0.3) is 11.0 Å². The number of hydrogen-bond donors (Lipinski definition) is 1. The summed E-state index contributed by atoms with van der Waals surface area (Å²) in [4.78, 5) is 27.1. The molecule has 1 aromatic carbocycles. The Bertz CT molecular complexity index is 981. The molecular formula is C21H21N3O5. The van der Waals surface area contributed by atoms with Gasteiger partial charge in [-0.2, -0.15) is 0 Å². The minimum absolute atomic E-state index is 0.0259. The van der Waals surface area contributed by atoms with Crippen LogP contribution in [0.5, 0.6) is 0 Å². The summed E-state index contributed by atoms with van der Waals surface area (Å²) >= 11 is 0. The fraction of sp³-hybridized carbons (Fsp3) is 0.381. The summed E-state index contributed by atoms with van der Waals surface area (Å²) in [6, 6.07) is 11.1. The first-order chi connectivity index (χ1) is 14.2. The maximum atomic E-state index is 12.7. The normalized spacial score (nSPS) is 23.9. The number of amides is 2. The van der Waals surface area contributed by atoms with E-state index >= 15 is 0 Å². The van der Waals surface area contributed by atoms with Crippen LogP contribution in [0.1, 0.15) is 16.2 Å². The van der Waals surface area contributed by atoms with Gasteiger partial charge in [-0.3, -0.25) is 9.59 Å². The van der Waals surface area contributed by atoms with Crippen molar-refractivity contribution in [2.24, 2.45) is 11.8 Å². The van der Waals surface area contributed by atoms with Crippen LogP contribution in [-0.2, 0) is 16.0 Å². The summed E-state index contributed by atoms with van der Waals surface area (Å²) in [6.07, 6.45) is 1.58. The number of ether oxygens (including phenoxy) is 1. The third kappa shape index (κ3) is 3.51. The van der Waals surface area contributed by atoms with Crippen LogP contribution < -0.4 is 5.32 Å². The first-order valence-corrected chi connectivity index (χ1v) is 9.71. The average Bonchev–Trinajstić information content (AvgIpc) is 3.36. The summed E-state index contributed by atoms with van der Waals surface area (Å²) in [5.74, 6) is 0.490. The van der Waals surface area contributed by atoms with E-state index in [0.29, 0.717) is 37.8 Å². The largest absolute Gasteiger partial charge is 0.461 e. The number of carbonyl (C=O) groups is 2. The molecule has 2 unspecified atom stereocenters. The number of nitrogens with zero attached hydrogens (tertiary/aromatic N) is 2. The second-order valence-corrected chi connectivity index (χ2v) is 7.67. The third-order valence-electron chi connectivity index (χ3n) is 5.67. The first kappa shape index (κ1) is 17.9. The van der Waals surface area contributed by atoms with Gasteiger partial charge in [-0.25, -0.2) is 0 Å². The van der Waals surface area contributed by atoms with Crippen LogP contribution in [0.15, 0.2) is 51.6 Å². The second-order valence-electron chi connectivity index (χ2n) is 7.67. The molecule has 2 atom stereocenters. The summed E-state index contributed by atoms with van der Waals surface area (Å²) in [6.45, 7) is 2.04. The molecular weight excluding hydrogens is 374 g/mol. The highest BCUT2D eigenvalue weighted by atomic mass is 16.5. The van der Waals surface area contributed by atoms with Crippen LogP contribution >= 0.6 is 0 Å². The maximum Gasteiger partial charge on any atom is 0.276 e. The van der Waals surface area contributed by atoms with E-state index in [9.17, 15) is 9.59 Å². The molecule has 0 aliphatic carbocycles. The van der Waals surface area contributed by atoms with Gasteiger partial charge in [-0.05, 0) is 12.1 Å². The number of rotatable bonds is 4. The van der Waals surface area contributed by atoms with E-state index in [0.717, 1.165) is 11.0 Å². The fourth-order valence-corrected chi connectivity index (χ4v) is 4.34. The van der Waals surface area contributed by atoms with Gasteiger partial charge in [0.25, 0.3) is 5.91 Å². The molecule has 2 aromatic heterocycles. The van der Waals surface area contributed by atoms with Gasteiger partial charge in [0.2, 0.25) is 5.91 Å². The van der Waals surface area contributed by atoms with Gasteiger partial charge in [-0.15, -0.1) is 0 Å². The zero-order chi connectivity index (χ0) is 19.8. The number of aromatic nitrogens is 1. The highest BCUT2D eigenvalue weighted by Crippen LogP contribution is 2.29. The van der Waals surface area contributed by atoms with E-state index < -0.39 is 0 Å². The van der Waals surface area contributed by atoms with Gasteiger partial charge in [0.15, 0.2) is 5.69 Å². The Morgan fingerprint density at radius 2 is 1.93 bits per heavy atom. The van der Waals surface area contributed by atoms with Crippen LogP contribution in [0.2, 0.25) is 0 Å². The predicted molar refractivity (Wildman–Crippen MR) is 102 cm³/mol. The number of piperidine rings is 1. The minimum atomic E-state index is -0.150. The van der Waals surface area contributed by atoms with Crippen molar-refractivity contribution in [3.63, 3.8) is 0 Å². The molecule has 2 amide bonds. The Morgan fingerprint density at radius 1 is 1.14 bits per heavy atom. The topological polar surface area (TPSA) is 97.8 Å². The molecule has 8 heteroatoms. The average molecular weight is 395 g/mol. The zero-order valence-corrected chi connectivity index (χ0v) is 15.7. The number of furan rings is 1. The Morgan fingerprint density at radius 3 is 2.66 bits per heavy atom. The highest BCUT2D eigenvalue weighted by Gasteiger charge is 2.42. The molecule has 0 spiro atoms. The molecule has 0 saturated carbocycles. The molecule has 3 aromatic rings. The molecule has 8 nitrogen and oxygen atoms in total. The van der Waals surface area contributed by atoms with Gasteiger partial charge >= 0.3 is 0 Å². The van der Waals surface area contributed by atoms with E-state index in [1.807, 2.05) is 30.3 Å². The molecule has 150 valence electrons. The summed E-state index contributed by atoms with van der Waals surface area (Å²) < 4.78 is 16.2. The number of nitrogens with one attached hydrogen (secondary N) is 1. The lowest BCUT2D eigenvalue weighted by Gasteiger charge is -2.47. The summed E-state index contributed by atoms with van der Waals surface area (Å²) in [7, 11) is 0. The minimum Gasteiger partial charge on any atom is -0.461 e. The quantitative estimate of drug-likeness (QED) is 0.724. The van der Waals surface area contributed by atoms with Gasteiger partial charge in [0.05, 0.1) is 19.6 Å². The fourth-order valence-electron chi connectivity index (χ4n) is 4.34. The molecule has 5 rings (SSSR count). The summed E-state index contributed by atoms with van der Waals surface area (Å²) in [5.41, 5.74) is 1.08. The van der Waals surface area contributed by atoms with Crippen LogP contribution in [0.4, 0.5) is 0 Å². The van der Waals surface area contributed by atoms with E-state index in [1.165, 1.54) is 6.26 Å². The van der Waals surface area contributed by atoms with Crippen molar-refractivity contribution in [3.8, 4) is 0 Å². The molecule has 2 aliphatic heterocycles. The van der Waals surface area contributed by atoms with Crippen LogP contribution in [-0.4, -0.2) is 54.2 Å². The molecule has 0 radical (unpaired) electrons. The lowest BCUT2D eigenvalue weighted by atomic mass is 9.82. The van der Waals surface area contributed by atoms with Crippen molar-refractivity contribution in [2.45, 2.75) is 12.5 Å². The van der Waals surface area contributed by atoms with Crippen molar-refractivity contribution < 1.29 is 23.3 Å². The zero-order valence-electron chi connectivity index (χ0n) is 15.7. The molecule has 2 bridgehead atoms. The van der Waals surface area contributed by atoms with Crippen molar-refractivity contribution in [2.75, 3.05) is 26.3 Å². The maximum absolute atomic E-state index is 12.7. The molecule has 2 aliphatic rings. The summed E-state index contributed by atoms with van der Waals surface area (Å²) in [5, 5.41) is 7.88. The predicted octanol–water partition coefficient (Wildman–Crippen LogP) is 1.87. The van der Waals surface area contributed by atoms with Gasteiger partial charge in [0.1, 0.15) is 17.6 Å². The van der Waals surface area contributed by atoms with E-state index in [-0.39, 0.29) is 36.1 Å². The Hall–Kier alpha value is -3.13. The van der Waals surface area contributed by atoms with Gasteiger partial charge in [0, 0.05) is 42.4 Å². The van der Waals surface area contributed by atoms with Crippen molar-refractivity contribution in [1.29, 1.82) is 0 Å². The Balaban J connectivity index is 1.25. The molecule has 1 N–H and O–H groups in total. The Kier molecular flexibility index (Phi) is 4.55. The SMILES string of the molecule is O=C(Cc1cc2ccccc2o1)NC1C2COCC1CN(C(=O)c1ccon1)C2. The molecule has 4 heterocycles. The third-order valence-corrected chi connectivity index (χ3v) is 5.67. The van der Waals surface area contributed by atoms with E-state index in [2.05, 4.69) is 10.5 Å². The number of likely N-dealkylation sites (tertiary alicyclic amines) is 1. The van der Waals surface area contributed by atoms with Crippen molar-refractivity contribution in [1.82, 2.24) is 15.4 Å². The molecule has 2 saturated heterocycles. The number of carbonyl (C=O) groups excluding carboxylic acids is 2. The number of hydrogen-bond acceptors (Lipinski definition) is 6. The smallest absolute Gasteiger partial charge is 0.276 e. The monoisotopic (exact) mass is 395 g/mol. The van der Waals surface area contributed by atoms with Gasteiger partial charge < -0.3 is 23.9 Å². The van der Waals surface area contributed by atoms with Crippen molar-refractivity contribution >= 4 is 22.8 Å². The Labute approximate surface area is 166 Å². The molecule has 2 fully saturated rings. The van der Waals surface area contributed by atoms with E-state index in [4.69, 9.17) is 13.7 Å².